The molecule has 0 spiro atoms. The van der Waals surface area contributed by atoms with E-state index in [2.05, 4.69) is 20.2 Å². The minimum Gasteiger partial charge on any atom is -0.353 e. The Balaban J connectivity index is 1.76. The Kier molecular flexibility index (Phi) is 4.78. The number of aromatic nitrogens is 2. The number of nitrogens with one attached hydrogen (secondary N) is 1. The van der Waals surface area contributed by atoms with Crippen LogP contribution < -0.4 is 10.2 Å². The molecule has 132 valence electrons. The van der Waals surface area contributed by atoms with E-state index in [4.69, 9.17) is 0 Å². The Bertz CT molecular complexity index is 791. The van der Waals surface area contributed by atoms with Gasteiger partial charge in [-0.2, -0.15) is 0 Å². The molecule has 0 atom stereocenters. The molecule has 1 amide bonds. The van der Waals surface area contributed by atoms with E-state index < -0.39 is 11.6 Å². The van der Waals surface area contributed by atoms with Gasteiger partial charge in [0.2, 0.25) is 5.91 Å². The van der Waals surface area contributed by atoms with Gasteiger partial charge in [0.25, 0.3) is 0 Å². The highest BCUT2D eigenvalue weighted by Crippen LogP contribution is 2.22. The summed E-state index contributed by atoms with van der Waals surface area (Å²) in [5.41, 5.74) is 0.407. The van der Waals surface area contributed by atoms with Crippen molar-refractivity contribution in [2.24, 2.45) is 0 Å². The van der Waals surface area contributed by atoms with E-state index in [1.165, 1.54) is 6.07 Å². The monoisotopic (exact) mass is 347 g/mol. The van der Waals surface area contributed by atoms with Gasteiger partial charge in [0.1, 0.15) is 17.5 Å². The molecule has 8 heteroatoms. The molecule has 6 nitrogen and oxygen atoms in total. The molecule has 0 bridgehead atoms. The van der Waals surface area contributed by atoms with Crippen molar-refractivity contribution >= 4 is 23.2 Å². The number of aryl methyl sites for hydroxylation is 1. The molecule has 2 heterocycles. The fourth-order valence-electron chi connectivity index (χ4n) is 2.75. The highest BCUT2D eigenvalue weighted by Gasteiger charge is 2.20. The molecule has 0 unspecified atom stereocenters. The standard InChI is InChI=1S/C17H19F2N5O/c1-11-20-16(22-13-3-4-14(18)15(19)9-13)10-17(21-11)24-7-5-23(6-8-24)12(2)25/h3-4,9-10H,5-8H2,1-2H3,(H,20,21,22). The lowest BCUT2D eigenvalue weighted by Crippen LogP contribution is -2.48. The number of nitrogens with zero attached hydrogens (tertiary/aromatic N) is 4. The van der Waals surface area contributed by atoms with Crippen LogP contribution in [-0.4, -0.2) is 47.0 Å². The van der Waals surface area contributed by atoms with Crippen LogP contribution in [0.3, 0.4) is 0 Å². The van der Waals surface area contributed by atoms with E-state index in [0.717, 1.165) is 18.0 Å². The first-order valence-electron chi connectivity index (χ1n) is 8.00. The normalized spacial score (nSPS) is 14.6. The van der Waals surface area contributed by atoms with Crippen LogP contribution in [0.15, 0.2) is 24.3 Å². The van der Waals surface area contributed by atoms with Crippen molar-refractivity contribution in [3.05, 3.63) is 41.7 Å². The number of hydrogen-bond donors (Lipinski definition) is 1. The van der Waals surface area contributed by atoms with Gasteiger partial charge in [-0.05, 0) is 19.1 Å². The summed E-state index contributed by atoms with van der Waals surface area (Å²) >= 11 is 0. The number of rotatable bonds is 3. The minimum absolute atomic E-state index is 0.0687. The summed E-state index contributed by atoms with van der Waals surface area (Å²) in [5.74, 6) is 0.0592. The third-order valence-electron chi connectivity index (χ3n) is 4.07. The smallest absolute Gasteiger partial charge is 0.219 e. The predicted octanol–water partition coefficient (Wildman–Crippen LogP) is 2.48. The Hall–Kier alpha value is -2.77. The number of amides is 1. The van der Waals surface area contributed by atoms with E-state index in [1.807, 2.05) is 0 Å². The molecule has 1 N–H and O–H groups in total. The topological polar surface area (TPSA) is 61.4 Å². The average molecular weight is 347 g/mol. The first-order valence-corrected chi connectivity index (χ1v) is 8.00. The van der Waals surface area contributed by atoms with Gasteiger partial charge in [-0.3, -0.25) is 4.79 Å². The van der Waals surface area contributed by atoms with Crippen LogP contribution in [-0.2, 0) is 4.79 Å². The molecule has 0 aliphatic carbocycles. The Morgan fingerprint density at radius 1 is 1.08 bits per heavy atom. The van der Waals surface area contributed by atoms with Crippen molar-refractivity contribution < 1.29 is 13.6 Å². The molecule has 1 aromatic carbocycles. The lowest BCUT2D eigenvalue weighted by Gasteiger charge is -2.35. The summed E-state index contributed by atoms with van der Waals surface area (Å²) in [5, 5.41) is 2.97. The second-order valence-electron chi connectivity index (χ2n) is 5.91. The van der Waals surface area contributed by atoms with Crippen LogP contribution in [0.25, 0.3) is 0 Å². The first-order chi connectivity index (χ1) is 11.9. The van der Waals surface area contributed by atoms with Crippen LogP contribution in [0, 0.1) is 18.6 Å². The van der Waals surface area contributed by atoms with Crippen molar-refractivity contribution in [1.82, 2.24) is 14.9 Å². The van der Waals surface area contributed by atoms with Crippen LogP contribution in [0.4, 0.5) is 26.1 Å². The molecule has 25 heavy (non-hydrogen) atoms. The Labute approximate surface area is 144 Å². The van der Waals surface area contributed by atoms with Crippen molar-refractivity contribution in [3.63, 3.8) is 0 Å². The summed E-state index contributed by atoms with van der Waals surface area (Å²) in [6.07, 6.45) is 0. The molecular formula is C17H19F2N5O. The molecule has 1 aliphatic rings. The van der Waals surface area contributed by atoms with Gasteiger partial charge in [-0.15, -0.1) is 0 Å². The lowest BCUT2D eigenvalue weighted by atomic mass is 10.3. The van der Waals surface area contributed by atoms with Crippen molar-refractivity contribution in [2.75, 3.05) is 36.4 Å². The molecule has 1 fully saturated rings. The van der Waals surface area contributed by atoms with E-state index >= 15 is 0 Å². The minimum atomic E-state index is -0.920. The number of hydrogen-bond acceptors (Lipinski definition) is 5. The summed E-state index contributed by atoms with van der Waals surface area (Å²) in [7, 11) is 0. The van der Waals surface area contributed by atoms with Gasteiger partial charge in [-0.25, -0.2) is 18.7 Å². The van der Waals surface area contributed by atoms with Gasteiger partial charge < -0.3 is 15.1 Å². The zero-order valence-electron chi connectivity index (χ0n) is 14.1. The summed E-state index contributed by atoms with van der Waals surface area (Å²) in [6.45, 7) is 5.98. The predicted molar refractivity (Wildman–Crippen MR) is 90.9 cm³/mol. The highest BCUT2D eigenvalue weighted by atomic mass is 19.2. The van der Waals surface area contributed by atoms with Crippen LogP contribution in [0.1, 0.15) is 12.7 Å². The van der Waals surface area contributed by atoms with Crippen molar-refractivity contribution in [3.8, 4) is 0 Å². The number of carbonyl (C=O) groups is 1. The fraction of sp³-hybridized carbons (Fsp3) is 0.353. The second kappa shape index (κ2) is 7.00. The van der Waals surface area contributed by atoms with Gasteiger partial charge in [0, 0.05) is 50.9 Å². The maximum absolute atomic E-state index is 13.3. The average Bonchev–Trinajstić information content (AvgIpc) is 2.58. The third-order valence-corrected chi connectivity index (χ3v) is 4.07. The van der Waals surface area contributed by atoms with Gasteiger partial charge >= 0.3 is 0 Å². The quantitative estimate of drug-likeness (QED) is 0.924. The van der Waals surface area contributed by atoms with Crippen molar-refractivity contribution in [2.45, 2.75) is 13.8 Å². The summed E-state index contributed by atoms with van der Waals surface area (Å²) < 4.78 is 26.4. The highest BCUT2D eigenvalue weighted by molar-refractivity contribution is 5.73. The van der Waals surface area contributed by atoms with Crippen molar-refractivity contribution in [1.29, 1.82) is 0 Å². The molecule has 1 aliphatic heterocycles. The van der Waals surface area contributed by atoms with Crippen LogP contribution in [0.2, 0.25) is 0 Å². The third kappa shape index (κ3) is 4.01. The molecule has 1 saturated heterocycles. The molecule has 0 radical (unpaired) electrons. The lowest BCUT2D eigenvalue weighted by molar-refractivity contribution is -0.129. The molecular weight excluding hydrogens is 328 g/mol. The fourth-order valence-corrected chi connectivity index (χ4v) is 2.75. The zero-order valence-corrected chi connectivity index (χ0v) is 14.1. The number of halogens is 2. The van der Waals surface area contributed by atoms with E-state index in [1.54, 1.807) is 24.8 Å². The summed E-state index contributed by atoms with van der Waals surface area (Å²) in [4.78, 5) is 24.0. The largest absolute Gasteiger partial charge is 0.353 e. The van der Waals surface area contributed by atoms with E-state index in [0.29, 0.717) is 43.5 Å². The maximum Gasteiger partial charge on any atom is 0.219 e. The second-order valence-corrected chi connectivity index (χ2v) is 5.91. The number of anilines is 3. The number of piperazine rings is 1. The maximum atomic E-state index is 13.3. The molecule has 3 rings (SSSR count). The first kappa shape index (κ1) is 17.1. The molecule has 0 saturated carbocycles. The zero-order chi connectivity index (χ0) is 18.0. The van der Waals surface area contributed by atoms with Gasteiger partial charge in [0.15, 0.2) is 11.6 Å². The van der Waals surface area contributed by atoms with Gasteiger partial charge in [0.05, 0.1) is 0 Å². The SMILES string of the molecule is CC(=O)N1CCN(c2cc(Nc3ccc(F)c(F)c3)nc(C)n2)CC1. The van der Waals surface area contributed by atoms with Crippen LogP contribution >= 0.6 is 0 Å². The molecule has 2 aromatic rings. The van der Waals surface area contributed by atoms with E-state index in [-0.39, 0.29) is 5.91 Å². The van der Waals surface area contributed by atoms with E-state index in [9.17, 15) is 13.6 Å². The Morgan fingerprint density at radius 2 is 1.80 bits per heavy atom. The van der Waals surface area contributed by atoms with Crippen LogP contribution in [0.5, 0.6) is 0 Å². The molecule has 1 aromatic heterocycles. The summed E-state index contributed by atoms with van der Waals surface area (Å²) in [6, 6.07) is 5.35. The van der Waals surface area contributed by atoms with Gasteiger partial charge in [-0.1, -0.05) is 0 Å². The number of benzene rings is 1. The number of carbonyl (C=O) groups excluding carboxylic acids is 1. The Morgan fingerprint density at radius 3 is 2.44 bits per heavy atom.